The molecule has 4 saturated heterocycles. The molecule has 4 heterocycles. The summed E-state index contributed by atoms with van der Waals surface area (Å²) < 4.78 is 13.2. The molecule has 0 radical (unpaired) electrons. The average Bonchev–Trinajstić information content (AvgIpc) is 3.12. The van der Waals surface area contributed by atoms with Crippen LogP contribution in [0.2, 0.25) is 0 Å². The van der Waals surface area contributed by atoms with Crippen molar-refractivity contribution < 1.29 is 18.8 Å². The van der Waals surface area contributed by atoms with Gasteiger partial charge in [-0.1, -0.05) is 0 Å². The minimum absolute atomic E-state index is 0.0380. The summed E-state index contributed by atoms with van der Waals surface area (Å²) in [5.74, 6) is -0.0715. The standard InChI is InChI=1S/C26H36FN5O3/c1-19(33)32-11-7-23(32)24(34)31-12-8-26(9-13-31)18-21(28-25(26)35)6-10-29-14-16-30(17-15-29)22-4-2-20(27)3-5-22/h2-5,21,23H,6-18H2,1H3,(H,28,35)/t21-,23?/m0/s1. The van der Waals surface area contributed by atoms with Crippen molar-refractivity contribution in [1.29, 1.82) is 0 Å². The van der Waals surface area contributed by atoms with E-state index in [9.17, 15) is 18.8 Å². The van der Waals surface area contributed by atoms with E-state index in [1.54, 1.807) is 4.90 Å². The normalized spacial score (nSPS) is 26.6. The number of halogens is 1. The first-order valence-corrected chi connectivity index (χ1v) is 12.9. The molecule has 0 saturated carbocycles. The Kier molecular flexibility index (Phi) is 6.70. The fraction of sp³-hybridized carbons (Fsp3) is 0.654. The van der Waals surface area contributed by atoms with E-state index >= 15 is 0 Å². The van der Waals surface area contributed by atoms with Crippen molar-refractivity contribution in [3.05, 3.63) is 30.1 Å². The Morgan fingerprint density at radius 1 is 1.03 bits per heavy atom. The molecule has 0 aliphatic carbocycles. The average molecular weight is 486 g/mol. The molecule has 3 amide bonds. The van der Waals surface area contributed by atoms with Gasteiger partial charge in [-0.25, -0.2) is 4.39 Å². The highest BCUT2D eigenvalue weighted by Gasteiger charge is 2.49. The van der Waals surface area contributed by atoms with Gasteiger partial charge in [0.2, 0.25) is 17.7 Å². The van der Waals surface area contributed by atoms with Gasteiger partial charge < -0.3 is 20.0 Å². The molecular weight excluding hydrogens is 449 g/mol. The van der Waals surface area contributed by atoms with Gasteiger partial charge in [0, 0.05) is 71.0 Å². The van der Waals surface area contributed by atoms with Crippen molar-refractivity contribution in [2.24, 2.45) is 5.41 Å². The summed E-state index contributed by atoms with van der Waals surface area (Å²) in [6.45, 7) is 8.05. The quantitative estimate of drug-likeness (QED) is 0.684. The van der Waals surface area contributed by atoms with E-state index in [0.29, 0.717) is 32.5 Å². The molecule has 9 heteroatoms. The molecule has 1 spiro atoms. The van der Waals surface area contributed by atoms with Crippen LogP contribution in [0.3, 0.4) is 0 Å². The number of carbonyl (C=O) groups excluding carboxylic acids is 3. The zero-order valence-electron chi connectivity index (χ0n) is 20.5. The Labute approximate surface area is 206 Å². The fourth-order valence-corrected chi connectivity index (χ4v) is 6.17. The lowest BCUT2D eigenvalue weighted by molar-refractivity contribution is -0.153. The second-order valence-corrected chi connectivity index (χ2v) is 10.6. The van der Waals surface area contributed by atoms with E-state index in [0.717, 1.165) is 57.7 Å². The Bertz CT molecular complexity index is 954. The Morgan fingerprint density at radius 3 is 2.31 bits per heavy atom. The Hall–Kier alpha value is -2.68. The Morgan fingerprint density at radius 2 is 1.71 bits per heavy atom. The third-order valence-corrected chi connectivity index (χ3v) is 8.55. The number of carbonyl (C=O) groups is 3. The van der Waals surface area contributed by atoms with Crippen molar-refractivity contribution in [3.63, 3.8) is 0 Å². The predicted octanol–water partition coefficient (Wildman–Crippen LogP) is 1.46. The molecule has 2 atom stereocenters. The number of piperazine rings is 1. The molecule has 4 aliphatic heterocycles. The third-order valence-electron chi connectivity index (χ3n) is 8.55. The number of amides is 3. The number of hydrogen-bond donors (Lipinski definition) is 1. The summed E-state index contributed by atoms with van der Waals surface area (Å²) in [6, 6.07) is 6.56. The molecule has 1 unspecified atom stereocenters. The molecular formula is C26H36FN5O3. The van der Waals surface area contributed by atoms with Gasteiger partial charge in [-0.2, -0.15) is 0 Å². The monoisotopic (exact) mass is 485 g/mol. The number of likely N-dealkylation sites (tertiary alicyclic amines) is 2. The van der Waals surface area contributed by atoms with Gasteiger partial charge in [-0.05, 0) is 56.4 Å². The molecule has 35 heavy (non-hydrogen) atoms. The number of rotatable bonds is 5. The lowest BCUT2D eigenvalue weighted by Gasteiger charge is -2.44. The third kappa shape index (κ3) is 4.87. The Balaban J connectivity index is 1.06. The van der Waals surface area contributed by atoms with Gasteiger partial charge in [-0.15, -0.1) is 0 Å². The van der Waals surface area contributed by atoms with E-state index in [2.05, 4.69) is 15.1 Å². The summed E-state index contributed by atoms with van der Waals surface area (Å²) in [7, 11) is 0. The van der Waals surface area contributed by atoms with Crippen molar-refractivity contribution in [1.82, 2.24) is 20.0 Å². The number of benzene rings is 1. The fourth-order valence-electron chi connectivity index (χ4n) is 6.17. The first-order chi connectivity index (χ1) is 16.8. The minimum Gasteiger partial charge on any atom is -0.369 e. The molecule has 0 bridgehead atoms. The number of anilines is 1. The maximum absolute atomic E-state index is 13.2. The number of hydrogen-bond acceptors (Lipinski definition) is 5. The highest BCUT2D eigenvalue weighted by atomic mass is 19.1. The zero-order valence-corrected chi connectivity index (χ0v) is 20.5. The van der Waals surface area contributed by atoms with Gasteiger partial charge in [-0.3, -0.25) is 19.3 Å². The summed E-state index contributed by atoms with van der Waals surface area (Å²) >= 11 is 0. The van der Waals surface area contributed by atoms with Crippen LogP contribution in [0.1, 0.15) is 39.0 Å². The largest absolute Gasteiger partial charge is 0.369 e. The van der Waals surface area contributed by atoms with Crippen LogP contribution in [-0.2, 0) is 14.4 Å². The van der Waals surface area contributed by atoms with Crippen LogP contribution in [0.15, 0.2) is 24.3 Å². The first-order valence-electron chi connectivity index (χ1n) is 12.9. The van der Waals surface area contributed by atoms with Gasteiger partial charge in [0.05, 0.1) is 5.41 Å². The van der Waals surface area contributed by atoms with Crippen LogP contribution in [0, 0.1) is 11.2 Å². The van der Waals surface area contributed by atoms with E-state index in [1.807, 2.05) is 17.0 Å². The van der Waals surface area contributed by atoms with Gasteiger partial charge in [0.1, 0.15) is 11.9 Å². The molecule has 190 valence electrons. The molecule has 0 aromatic heterocycles. The van der Waals surface area contributed by atoms with E-state index in [1.165, 1.54) is 19.1 Å². The van der Waals surface area contributed by atoms with Crippen molar-refractivity contribution in [2.45, 2.75) is 51.1 Å². The van der Waals surface area contributed by atoms with E-state index in [4.69, 9.17) is 0 Å². The first kappa shape index (κ1) is 24.0. The second-order valence-electron chi connectivity index (χ2n) is 10.6. The van der Waals surface area contributed by atoms with Crippen molar-refractivity contribution in [2.75, 3.05) is 57.3 Å². The SMILES string of the molecule is CC(=O)N1CCC1C(=O)N1CCC2(CC1)C[C@H](CCN1CCN(c3ccc(F)cc3)CC1)NC2=O. The van der Waals surface area contributed by atoms with Gasteiger partial charge in [0.15, 0.2) is 0 Å². The van der Waals surface area contributed by atoms with Crippen molar-refractivity contribution in [3.8, 4) is 0 Å². The zero-order chi connectivity index (χ0) is 24.6. The number of nitrogens with zero attached hydrogens (tertiary/aromatic N) is 4. The summed E-state index contributed by atoms with van der Waals surface area (Å²) in [4.78, 5) is 45.7. The van der Waals surface area contributed by atoms with E-state index in [-0.39, 0.29) is 41.0 Å². The molecule has 4 aliphatic rings. The summed E-state index contributed by atoms with van der Waals surface area (Å²) in [5.41, 5.74) is 0.704. The van der Waals surface area contributed by atoms with Crippen molar-refractivity contribution >= 4 is 23.4 Å². The number of nitrogens with one attached hydrogen (secondary N) is 1. The number of piperidine rings is 1. The maximum Gasteiger partial charge on any atom is 0.245 e. The maximum atomic E-state index is 13.2. The molecule has 1 N–H and O–H groups in total. The van der Waals surface area contributed by atoms with Crippen LogP contribution < -0.4 is 10.2 Å². The smallest absolute Gasteiger partial charge is 0.245 e. The van der Waals surface area contributed by atoms with E-state index < -0.39 is 0 Å². The lowest BCUT2D eigenvalue weighted by Crippen LogP contribution is -2.60. The molecule has 1 aromatic carbocycles. The molecule has 8 nitrogen and oxygen atoms in total. The van der Waals surface area contributed by atoms with Crippen LogP contribution in [0.5, 0.6) is 0 Å². The second kappa shape index (κ2) is 9.76. The van der Waals surface area contributed by atoms with Crippen LogP contribution in [0.25, 0.3) is 0 Å². The predicted molar refractivity (Wildman–Crippen MR) is 130 cm³/mol. The topological polar surface area (TPSA) is 76.2 Å². The molecule has 1 aromatic rings. The van der Waals surface area contributed by atoms with Crippen LogP contribution in [-0.4, -0.2) is 96.9 Å². The minimum atomic E-state index is -0.359. The summed E-state index contributed by atoms with van der Waals surface area (Å²) in [6.07, 6.45) is 3.91. The van der Waals surface area contributed by atoms with Crippen LogP contribution in [0.4, 0.5) is 10.1 Å². The lowest BCUT2D eigenvalue weighted by atomic mass is 9.75. The molecule has 4 fully saturated rings. The molecule has 5 rings (SSSR count). The van der Waals surface area contributed by atoms with Gasteiger partial charge >= 0.3 is 0 Å². The van der Waals surface area contributed by atoms with Gasteiger partial charge in [0.25, 0.3) is 0 Å². The summed E-state index contributed by atoms with van der Waals surface area (Å²) in [5, 5.41) is 3.24. The highest BCUT2D eigenvalue weighted by molar-refractivity contribution is 5.89. The van der Waals surface area contributed by atoms with Crippen LogP contribution >= 0.6 is 0 Å². The highest BCUT2D eigenvalue weighted by Crippen LogP contribution is 2.41.